The molecule has 0 atom stereocenters. The summed E-state index contributed by atoms with van der Waals surface area (Å²) < 4.78 is 2.02. The van der Waals surface area contributed by atoms with Crippen LogP contribution >= 0.6 is 46.7 Å². The van der Waals surface area contributed by atoms with Gasteiger partial charge < -0.3 is 0 Å². The second-order valence-corrected chi connectivity index (χ2v) is 9.60. The Hall–Kier alpha value is -1.85. The van der Waals surface area contributed by atoms with E-state index in [1.54, 1.807) is 29.6 Å². The molecule has 3 aromatic carbocycles. The Kier molecular flexibility index (Phi) is 6.79. The Labute approximate surface area is 195 Å². The first-order valence-electron chi connectivity index (χ1n) is 9.45. The number of halogens is 2. The van der Waals surface area contributed by atoms with Crippen molar-refractivity contribution in [2.24, 2.45) is 0 Å². The van der Waals surface area contributed by atoms with Gasteiger partial charge in [-0.25, -0.2) is 4.68 Å². The number of benzene rings is 3. The van der Waals surface area contributed by atoms with Gasteiger partial charge in [0.15, 0.2) is 0 Å². The molecule has 0 aliphatic heterocycles. The minimum Gasteiger partial charge on any atom is -0.226 e. The summed E-state index contributed by atoms with van der Waals surface area (Å²) in [5.74, 6) is 0. The first-order chi connectivity index (χ1) is 14.5. The summed E-state index contributed by atoms with van der Waals surface area (Å²) in [6.45, 7) is 2.07. The molecule has 0 N–H and O–H groups in total. The number of para-hydroxylation sites is 1. The third-order valence-electron chi connectivity index (χ3n) is 4.75. The van der Waals surface area contributed by atoms with Crippen LogP contribution < -0.4 is 0 Å². The molecule has 0 amide bonds. The van der Waals surface area contributed by atoms with Crippen LogP contribution in [0.5, 0.6) is 0 Å². The van der Waals surface area contributed by atoms with E-state index in [-0.39, 0.29) is 0 Å². The van der Waals surface area contributed by atoms with Crippen LogP contribution in [-0.4, -0.2) is 16.0 Å². The van der Waals surface area contributed by atoms with Crippen molar-refractivity contribution in [2.45, 2.75) is 28.2 Å². The number of nitrogens with zero attached hydrogens (tertiary/aromatic N) is 2. The predicted molar refractivity (Wildman–Crippen MR) is 130 cm³/mol. The molecule has 0 saturated carbocycles. The number of thioether (sulfide) groups is 1. The van der Waals surface area contributed by atoms with E-state index in [1.165, 1.54) is 16.0 Å². The zero-order valence-electron chi connectivity index (χ0n) is 16.6. The third-order valence-corrected chi connectivity index (χ3v) is 7.11. The Balaban J connectivity index is 1.84. The van der Waals surface area contributed by atoms with E-state index in [1.807, 2.05) is 35.0 Å². The number of aromatic nitrogens is 2. The van der Waals surface area contributed by atoms with Gasteiger partial charge in [-0.3, -0.25) is 0 Å². The van der Waals surface area contributed by atoms with Crippen LogP contribution in [0.3, 0.4) is 0 Å². The van der Waals surface area contributed by atoms with Crippen molar-refractivity contribution in [2.75, 3.05) is 6.26 Å². The average Bonchev–Trinajstić information content (AvgIpc) is 3.04. The van der Waals surface area contributed by atoms with Gasteiger partial charge in [0.2, 0.25) is 0 Å². The Bertz CT molecular complexity index is 1150. The highest BCUT2D eigenvalue weighted by molar-refractivity contribution is 7.99. The van der Waals surface area contributed by atoms with Crippen LogP contribution in [0.2, 0.25) is 10.0 Å². The van der Waals surface area contributed by atoms with Gasteiger partial charge in [-0.05, 0) is 55.1 Å². The van der Waals surface area contributed by atoms with Crippen molar-refractivity contribution in [1.29, 1.82) is 0 Å². The molecule has 6 heteroatoms. The molecular formula is C24H20Cl2N2S2. The quantitative estimate of drug-likeness (QED) is 0.266. The molecule has 1 aromatic heterocycles. The molecule has 152 valence electrons. The summed E-state index contributed by atoms with van der Waals surface area (Å²) in [4.78, 5) is 2.27. The number of rotatable bonds is 6. The van der Waals surface area contributed by atoms with Crippen molar-refractivity contribution in [3.63, 3.8) is 0 Å². The van der Waals surface area contributed by atoms with Gasteiger partial charge in [0, 0.05) is 31.8 Å². The zero-order chi connectivity index (χ0) is 21.1. The van der Waals surface area contributed by atoms with Gasteiger partial charge in [-0.1, -0.05) is 71.4 Å². The van der Waals surface area contributed by atoms with Crippen molar-refractivity contribution in [1.82, 2.24) is 9.78 Å². The van der Waals surface area contributed by atoms with Crippen LogP contribution in [0.25, 0.3) is 5.69 Å². The fourth-order valence-corrected chi connectivity index (χ4v) is 5.77. The summed E-state index contributed by atoms with van der Waals surface area (Å²) in [7, 11) is 0. The summed E-state index contributed by atoms with van der Waals surface area (Å²) in [6.07, 6.45) is 2.93. The van der Waals surface area contributed by atoms with Gasteiger partial charge >= 0.3 is 0 Å². The van der Waals surface area contributed by atoms with Crippen LogP contribution in [-0.2, 0) is 6.42 Å². The highest BCUT2D eigenvalue weighted by Crippen LogP contribution is 2.38. The molecule has 0 spiro atoms. The van der Waals surface area contributed by atoms with Gasteiger partial charge in [0.25, 0.3) is 0 Å². The van der Waals surface area contributed by atoms with Crippen LogP contribution in [0, 0.1) is 6.92 Å². The summed E-state index contributed by atoms with van der Waals surface area (Å²) in [6, 6.07) is 24.4. The molecule has 0 aliphatic rings. The molecule has 30 heavy (non-hydrogen) atoms. The van der Waals surface area contributed by atoms with E-state index in [0.29, 0.717) is 10.0 Å². The van der Waals surface area contributed by atoms with Gasteiger partial charge in [0.1, 0.15) is 5.03 Å². The lowest BCUT2D eigenvalue weighted by atomic mass is 10.1. The average molecular weight is 471 g/mol. The van der Waals surface area contributed by atoms with Crippen molar-refractivity contribution < 1.29 is 0 Å². The van der Waals surface area contributed by atoms with Crippen molar-refractivity contribution >= 4 is 46.7 Å². The number of aryl methyl sites for hydroxylation is 1. The maximum atomic E-state index is 6.26. The Morgan fingerprint density at radius 3 is 2.27 bits per heavy atom. The monoisotopic (exact) mass is 470 g/mol. The third kappa shape index (κ3) is 4.73. The topological polar surface area (TPSA) is 17.8 Å². The second kappa shape index (κ2) is 9.52. The van der Waals surface area contributed by atoms with Crippen LogP contribution in [0.15, 0.2) is 87.6 Å². The zero-order valence-corrected chi connectivity index (χ0v) is 19.7. The summed E-state index contributed by atoms with van der Waals surface area (Å²) in [5.41, 5.74) is 4.55. The first-order valence-corrected chi connectivity index (χ1v) is 12.2. The minimum atomic E-state index is 0.627. The molecule has 2 nitrogen and oxygen atoms in total. The lowest BCUT2D eigenvalue weighted by Gasteiger charge is -2.12. The molecule has 0 aliphatic carbocycles. The fourth-order valence-electron chi connectivity index (χ4n) is 3.33. The highest BCUT2D eigenvalue weighted by atomic mass is 35.5. The molecule has 0 bridgehead atoms. The van der Waals surface area contributed by atoms with Crippen LogP contribution in [0.4, 0.5) is 0 Å². The fraction of sp³-hybridized carbons (Fsp3) is 0.125. The summed E-state index contributed by atoms with van der Waals surface area (Å²) in [5, 5.41) is 7.23. The minimum absolute atomic E-state index is 0.627. The Morgan fingerprint density at radius 1 is 0.900 bits per heavy atom. The largest absolute Gasteiger partial charge is 0.226 e. The smallest absolute Gasteiger partial charge is 0.108 e. The Morgan fingerprint density at radius 2 is 1.57 bits per heavy atom. The molecule has 0 fully saturated rings. The van der Waals surface area contributed by atoms with E-state index in [2.05, 4.69) is 49.6 Å². The lowest BCUT2D eigenvalue weighted by molar-refractivity contribution is 0.790. The van der Waals surface area contributed by atoms with E-state index < -0.39 is 0 Å². The van der Waals surface area contributed by atoms with Crippen LogP contribution in [0.1, 0.15) is 16.8 Å². The lowest BCUT2D eigenvalue weighted by Crippen LogP contribution is -1.99. The molecule has 1 heterocycles. The van der Waals surface area contributed by atoms with E-state index in [4.69, 9.17) is 28.3 Å². The van der Waals surface area contributed by atoms with E-state index >= 15 is 0 Å². The predicted octanol–water partition coefficient (Wildman–Crippen LogP) is 7.95. The first kappa shape index (κ1) is 21.4. The van der Waals surface area contributed by atoms with E-state index in [0.717, 1.165) is 27.7 Å². The molecule has 0 radical (unpaired) electrons. The SMILES string of the molecule is CSc1ccccc1Cc1c(C)nn(-c2ccccc2)c1Sc1cc(Cl)cc(Cl)c1. The maximum Gasteiger partial charge on any atom is 0.108 e. The molecule has 4 rings (SSSR count). The van der Waals surface area contributed by atoms with Crippen molar-refractivity contribution in [3.05, 3.63) is 99.7 Å². The number of hydrogen-bond acceptors (Lipinski definition) is 3. The van der Waals surface area contributed by atoms with Crippen molar-refractivity contribution in [3.8, 4) is 5.69 Å². The molecule has 4 aromatic rings. The van der Waals surface area contributed by atoms with E-state index in [9.17, 15) is 0 Å². The molecule has 0 saturated heterocycles. The standard InChI is InChI=1S/C24H20Cl2N2S2/c1-16-22(12-17-8-6-7-11-23(17)29-2)24(28(27-16)20-9-4-3-5-10-20)30-21-14-18(25)13-19(26)15-21/h3-11,13-15H,12H2,1-2H3. The number of hydrogen-bond donors (Lipinski definition) is 0. The van der Waals surface area contributed by atoms with Gasteiger partial charge in [-0.2, -0.15) is 5.10 Å². The van der Waals surface area contributed by atoms with Gasteiger partial charge in [-0.15, -0.1) is 11.8 Å². The summed E-state index contributed by atoms with van der Waals surface area (Å²) >= 11 is 15.9. The highest BCUT2D eigenvalue weighted by Gasteiger charge is 2.19. The second-order valence-electron chi connectivity index (χ2n) is 6.81. The maximum absolute atomic E-state index is 6.26. The molecular weight excluding hydrogens is 451 g/mol. The normalized spacial score (nSPS) is 11.1. The molecule has 0 unspecified atom stereocenters. The van der Waals surface area contributed by atoms with Gasteiger partial charge in [0.05, 0.1) is 11.4 Å².